The lowest BCUT2D eigenvalue weighted by molar-refractivity contribution is 0.253. The molecule has 0 saturated heterocycles. The molecule has 1 rings (SSSR count). The Bertz CT molecular complexity index is 439. The largest absolute Gasteiger partial charge is 0.396 e. The van der Waals surface area contributed by atoms with Crippen molar-refractivity contribution in [2.24, 2.45) is 18.0 Å². The van der Waals surface area contributed by atoms with Crippen molar-refractivity contribution in [2.45, 2.75) is 39.7 Å². The summed E-state index contributed by atoms with van der Waals surface area (Å²) in [5.41, 5.74) is 0. The van der Waals surface area contributed by atoms with Gasteiger partial charge in [-0.25, -0.2) is 4.98 Å². The third-order valence-corrected chi connectivity index (χ3v) is 3.61. The second kappa shape index (κ2) is 10.2. The molecule has 1 aromatic rings. The molecule has 1 aromatic heterocycles. The van der Waals surface area contributed by atoms with E-state index in [9.17, 15) is 0 Å². The fourth-order valence-corrected chi connectivity index (χ4v) is 2.35. The molecular formula is C15H30N6O. The van der Waals surface area contributed by atoms with Crippen molar-refractivity contribution >= 4 is 5.96 Å². The van der Waals surface area contributed by atoms with E-state index in [-0.39, 0.29) is 6.61 Å². The molecule has 1 heterocycles. The first-order valence-corrected chi connectivity index (χ1v) is 8.05. The molecule has 1 atom stereocenters. The van der Waals surface area contributed by atoms with Crippen LogP contribution in [0, 0.1) is 5.92 Å². The van der Waals surface area contributed by atoms with E-state index in [1.165, 1.54) is 0 Å². The smallest absolute Gasteiger partial charge is 0.194 e. The lowest BCUT2D eigenvalue weighted by atomic mass is 10.0. The molecule has 0 bridgehead atoms. The first-order valence-electron chi connectivity index (χ1n) is 8.05. The van der Waals surface area contributed by atoms with E-state index in [0.29, 0.717) is 12.5 Å². The lowest BCUT2D eigenvalue weighted by Crippen LogP contribution is -2.39. The maximum Gasteiger partial charge on any atom is 0.194 e. The van der Waals surface area contributed by atoms with Crippen LogP contribution >= 0.6 is 0 Å². The summed E-state index contributed by atoms with van der Waals surface area (Å²) in [6.07, 6.45) is 4.58. The Kier molecular flexibility index (Phi) is 8.50. The van der Waals surface area contributed by atoms with E-state index in [0.717, 1.165) is 44.1 Å². The molecule has 0 aliphatic rings. The average Bonchev–Trinajstić information content (AvgIpc) is 2.89. The molecule has 0 fully saturated rings. The minimum Gasteiger partial charge on any atom is -0.396 e. The van der Waals surface area contributed by atoms with Crippen LogP contribution in [0.25, 0.3) is 0 Å². The van der Waals surface area contributed by atoms with Gasteiger partial charge in [-0.05, 0) is 25.7 Å². The Morgan fingerprint density at radius 2 is 2.23 bits per heavy atom. The monoisotopic (exact) mass is 310 g/mol. The summed E-state index contributed by atoms with van der Waals surface area (Å²) in [4.78, 5) is 11.0. The summed E-state index contributed by atoms with van der Waals surface area (Å²) in [7, 11) is 3.88. The van der Waals surface area contributed by atoms with Crippen molar-refractivity contribution in [3.8, 4) is 0 Å². The van der Waals surface area contributed by atoms with Gasteiger partial charge >= 0.3 is 0 Å². The van der Waals surface area contributed by atoms with Crippen LogP contribution in [-0.4, -0.2) is 57.5 Å². The van der Waals surface area contributed by atoms with Gasteiger partial charge in [-0.1, -0.05) is 13.3 Å². The van der Waals surface area contributed by atoms with Crippen LogP contribution < -0.4 is 5.32 Å². The lowest BCUT2D eigenvalue weighted by Gasteiger charge is -2.22. The summed E-state index contributed by atoms with van der Waals surface area (Å²) in [6.45, 7) is 6.66. The minimum absolute atomic E-state index is 0.228. The highest BCUT2D eigenvalue weighted by Gasteiger charge is 2.12. The predicted molar refractivity (Wildman–Crippen MR) is 88.5 cm³/mol. The maximum atomic E-state index is 9.15. The van der Waals surface area contributed by atoms with Crippen LogP contribution in [-0.2, 0) is 13.6 Å². The quantitative estimate of drug-likeness (QED) is 0.526. The van der Waals surface area contributed by atoms with Gasteiger partial charge in [0.1, 0.15) is 12.2 Å². The highest BCUT2D eigenvalue weighted by Crippen LogP contribution is 2.11. The third-order valence-electron chi connectivity index (χ3n) is 3.61. The van der Waals surface area contributed by atoms with E-state index in [2.05, 4.69) is 34.1 Å². The van der Waals surface area contributed by atoms with Gasteiger partial charge in [0.15, 0.2) is 5.96 Å². The summed E-state index contributed by atoms with van der Waals surface area (Å²) in [5, 5.41) is 16.5. The zero-order valence-corrected chi connectivity index (χ0v) is 14.3. The standard InChI is InChI=1S/C15H30N6O/c1-5-7-13(8-9-22)10-17-15(16-6-2)20(3)11-14-18-12-19-21(14)4/h12-13,22H,5-11H2,1-4H3,(H,16,17). The minimum atomic E-state index is 0.228. The SMILES string of the molecule is CCCC(CCO)CN=C(NCC)N(C)Cc1ncnn1C. The molecule has 0 aliphatic carbocycles. The van der Waals surface area contributed by atoms with Gasteiger partial charge in [0, 0.05) is 33.8 Å². The summed E-state index contributed by atoms with van der Waals surface area (Å²) in [5.74, 6) is 2.20. The normalized spacial score (nSPS) is 13.2. The number of aliphatic hydroxyl groups is 1. The van der Waals surface area contributed by atoms with Crippen molar-refractivity contribution in [1.29, 1.82) is 0 Å². The zero-order chi connectivity index (χ0) is 16.4. The molecule has 0 aromatic carbocycles. The van der Waals surface area contributed by atoms with Crippen LogP contribution in [0.2, 0.25) is 0 Å². The van der Waals surface area contributed by atoms with E-state index >= 15 is 0 Å². The number of aliphatic imine (C=N–C) groups is 1. The molecule has 0 spiro atoms. The predicted octanol–water partition coefficient (Wildman–Crippen LogP) is 1.01. The fraction of sp³-hybridized carbons (Fsp3) is 0.800. The van der Waals surface area contributed by atoms with Gasteiger partial charge < -0.3 is 15.3 Å². The van der Waals surface area contributed by atoms with Gasteiger partial charge in [-0.15, -0.1) is 0 Å². The van der Waals surface area contributed by atoms with Crippen LogP contribution in [0.15, 0.2) is 11.3 Å². The van der Waals surface area contributed by atoms with Gasteiger partial charge in [-0.3, -0.25) is 9.67 Å². The van der Waals surface area contributed by atoms with E-state index in [1.54, 1.807) is 11.0 Å². The van der Waals surface area contributed by atoms with E-state index < -0.39 is 0 Å². The Morgan fingerprint density at radius 3 is 2.77 bits per heavy atom. The highest BCUT2D eigenvalue weighted by molar-refractivity contribution is 5.79. The zero-order valence-electron chi connectivity index (χ0n) is 14.3. The second-order valence-electron chi connectivity index (χ2n) is 5.52. The van der Waals surface area contributed by atoms with Gasteiger partial charge in [0.2, 0.25) is 0 Å². The number of hydrogen-bond acceptors (Lipinski definition) is 4. The van der Waals surface area contributed by atoms with E-state index in [4.69, 9.17) is 10.1 Å². The number of aryl methyl sites for hydroxylation is 1. The summed E-state index contributed by atoms with van der Waals surface area (Å²) >= 11 is 0. The number of aromatic nitrogens is 3. The molecular weight excluding hydrogens is 280 g/mol. The van der Waals surface area contributed by atoms with Crippen LogP contribution in [0.1, 0.15) is 38.9 Å². The molecule has 0 saturated carbocycles. The molecule has 1 unspecified atom stereocenters. The number of hydrogen-bond donors (Lipinski definition) is 2. The number of guanidine groups is 1. The van der Waals surface area contributed by atoms with Crippen LogP contribution in [0.3, 0.4) is 0 Å². The Balaban J connectivity index is 2.69. The Morgan fingerprint density at radius 1 is 1.45 bits per heavy atom. The molecule has 0 aliphatic heterocycles. The molecule has 7 nitrogen and oxygen atoms in total. The van der Waals surface area contributed by atoms with Gasteiger partial charge in [-0.2, -0.15) is 5.10 Å². The molecule has 0 radical (unpaired) electrons. The van der Waals surface area contributed by atoms with Crippen molar-refractivity contribution < 1.29 is 5.11 Å². The Hall–Kier alpha value is -1.63. The van der Waals surface area contributed by atoms with E-state index in [1.807, 2.05) is 14.1 Å². The molecule has 22 heavy (non-hydrogen) atoms. The van der Waals surface area contributed by atoms with Crippen LogP contribution in [0.4, 0.5) is 0 Å². The maximum absolute atomic E-state index is 9.15. The topological polar surface area (TPSA) is 78.6 Å². The van der Waals surface area contributed by atoms with Crippen molar-refractivity contribution in [1.82, 2.24) is 25.0 Å². The van der Waals surface area contributed by atoms with Crippen molar-refractivity contribution in [3.05, 3.63) is 12.2 Å². The molecule has 2 N–H and O–H groups in total. The molecule has 0 amide bonds. The average molecular weight is 310 g/mol. The fourth-order valence-electron chi connectivity index (χ4n) is 2.35. The van der Waals surface area contributed by atoms with Crippen molar-refractivity contribution in [3.63, 3.8) is 0 Å². The van der Waals surface area contributed by atoms with Crippen LogP contribution in [0.5, 0.6) is 0 Å². The number of nitrogens with zero attached hydrogens (tertiary/aromatic N) is 5. The first-order chi connectivity index (χ1) is 10.6. The first kappa shape index (κ1) is 18.4. The number of rotatable bonds is 9. The van der Waals surface area contributed by atoms with Gasteiger partial charge in [0.25, 0.3) is 0 Å². The molecule has 7 heteroatoms. The highest BCUT2D eigenvalue weighted by atomic mass is 16.3. The third kappa shape index (κ3) is 6.01. The second-order valence-corrected chi connectivity index (χ2v) is 5.52. The molecule has 126 valence electrons. The summed E-state index contributed by atoms with van der Waals surface area (Å²) in [6, 6.07) is 0. The Labute approximate surface area is 133 Å². The summed E-state index contributed by atoms with van der Waals surface area (Å²) < 4.78 is 1.77. The number of nitrogens with one attached hydrogen (secondary N) is 1. The van der Waals surface area contributed by atoms with Crippen molar-refractivity contribution in [2.75, 3.05) is 26.7 Å². The number of aliphatic hydroxyl groups excluding tert-OH is 1. The van der Waals surface area contributed by atoms with Gasteiger partial charge in [0.05, 0.1) is 6.54 Å².